The van der Waals surface area contributed by atoms with Gasteiger partial charge in [0.05, 0.1) is 12.8 Å². The predicted molar refractivity (Wildman–Crippen MR) is 80.2 cm³/mol. The number of carbonyl (C=O) groups excluding carboxylic acids is 2. The normalized spacial score (nSPS) is 15.1. The molecule has 0 fully saturated rings. The van der Waals surface area contributed by atoms with Gasteiger partial charge in [-0.1, -0.05) is 30.0 Å². The van der Waals surface area contributed by atoms with E-state index in [-0.39, 0.29) is 12.3 Å². The van der Waals surface area contributed by atoms with Crippen LogP contribution in [0.3, 0.4) is 0 Å². The molecule has 0 atom stereocenters. The van der Waals surface area contributed by atoms with E-state index in [2.05, 4.69) is 11.6 Å². The number of anilines is 1. The molecule has 0 aromatic heterocycles. The number of thioether (sulfide) groups is 1. The number of benzene rings is 1. The second-order valence-electron chi connectivity index (χ2n) is 3.97. The van der Waals surface area contributed by atoms with Crippen molar-refractivity contribution in [3.63, 3.8) is 0 Å². The monoisotopic (exact) mass is 290 g/mol. The van der Waals surface area contributed by atoms with Crippen LogP contribution < -0.4 is 9.64 Å². The Labute approximate surface area is 121 Å². The van der Waals surface area contributed by atoms with Crippen molar-refractivity contribution in [1.29, 1.82) is 0 Å². The molecule has 0 spiro atoms. The standard InChI is InChI=1S/C14H14N2O3S/c1-3-8-20-14-15-12(17)9-13(18)16(14)10-6-4-5-7-11(10)19-2/h3-7H,1,8-9H2,2H3. The molecule has 1 heterocycles. The zero-order chi connectivity index (χ0) is 14.5. The fraction of sp³-hybridized carbons (Fsp3) is 0.214. The first-order valence-electron chi connectivity index (χ1n) is 5.98. The third-order valence-electron chi connectivity index (χ3n) is 2.62. The molecule has 1 aromatic carbocycles. The first kappa shape index (κ1) is 14.3. The van der Waals surface area contributed by atoms with E-state index in [4.69, 9.17) is 4.74 Å². The summed E-state index contributed by atoms with van der Waals surface area (Å²) in [6.45, 7) is 3.63. The maximum atomic E-state index is 12.2. The molecular weight excluding hydrogens is 276 g/mol. The van der Waals surface area contributed by atoms with Crippen molar-refractivity contribution in [3.05, 3.63) is 36.9 Å². The SMILES string of the molecule is C=CCSC1=NC(=O)CC(=O)N1c1ccccc1OC. The molecule has 0 saturated carbocycles. The van der Waals surface area contributed by atoms with E-state index in [1.165, 1.54) is 23.8 Å². The molecule has 2 amide bonds. The molecule has 104 valence electrons. The van der Waals surface area contributed by atoms with E-state index >= 15 is 0 Å². The Morgan fingerprint density at radius 1 is 1.45 bits per heavy atom. The summed E-state index contributed by atoms with van der Waals surface area (Å²) in [5.41, 5.74) is 0.586. The summed E-state index contributed by atoms with van der Waals surface area (Å²) in [5.74, 6) is 0.390. The first-order chi connectivity index (χ1) is 9.67. The van der Waals surface area contributed by atoms with Crippen LogP contribution >= 0.6 is 11.8 Å². The molecule has 0 N–H and O–H groups in total. The van der Waals surface area contributed by atoms with E-state index < -0.39 is 5.91 Å². The van der Waals surface area contributed by atoms with Crippen LogP contribution in [0.4, 0.5) is 5.69 Å². The molecule has 0 bridgehead atoms. The number of amidine groups is 1. The molecule has 0 radical (unpaired) electrons. The maximum absolute atomic E-state index is 12.2. The third-order valence-corrected chi connectivity index (χ3v) is 3.55. The smallest absolute Gasteiger partial charge is 0.257 e. The van der Waals surface area contributed by atoms with Crippen molar-refractivity contribution >= 4 is 34.4 Å². The van der Waals surface area contributed by atoms with Gasteiger partial charge in [-0.05, 0) is 12.1 Å². The van der Waals surface area contributed by atoms with Gasteiger partial charge in [0.25, 0.3) is 5.91 Å². The van der Waals surface area contributed by atoms with Crippen LogP contribution in [-0.4, -0.2) is 29.8 Å². The highest BCUT2D eigenvalue weighted by Gasteiger charge is 2.30. The van der Waals surface area contributed by atoms with Gasteiger partial charge in [0.15, 0.2) is 5.17 Å². The van der Waals surface area contributed by atoms with Crippen LogP contribution in [0.1, 0.15) is 6.42 Å². The van der Waals surface area contributed by atoms with Crippen LogP contribution in [0.25, 0.3) is 0 Å². The van der Waals surface area contributed by atoms with Gasteiger partial charge < -0.3 is 4.74 Å². The van der Waals surface area contributed by atoms with E-state index in [1.807, 2.05) is 6.07 Å². The summed E-state index contributed by atoms with van der Waals surface area (Å²) in [4.78, 5) is 29.0. The molecule has 1 aliphatic rings. The Morgan fingerprint density at radius 3 is 2.90 bits per heavy atom. The second kappa shape index (κ2) is 6.38. The molecule has 1 aliphatic heterocycles. The Hall–Kier alpha value is -2.08. The van der Waals surface area contributed by atoms with Gasteiger partial charge in [0.2, 0.25) is 5.91 Å². The lowest BCUT2D eigenvalue weighted by atomic mass is 10.2. The zero-order valence-electron chi connectivity index (χ0n) is 11.0. The Morgan fingerprint density at radius 2 is 2.20 bits per heavy atom. The molecule has 20 heavy (non-hydrogen) atoms. The van der Waals surface area contributed by atoms with Crippen LogP contribution in [0.15, 0.2) is 41.9 Å². The molecule has 0 saturated heterocycles. The lowest BCUT2D eigenvalue weighted by Crippen LogP contribution is -2.40. The second-order valence-corrected chi connectivity index (χ2v) is 4.95. The van der Waals surface area contributed by atoms with Gasteiger partial charge in [-0.3, -0.25) is 14.5 Å². The summed E-state index contributed by atoms with van der Waals surface area (Å²) >= 11 is 1.29. The van der Waals surface area contributed by atoms with Crippen LogP contribution in [0.5, 0.6) is 5.75 Å². The van der Waals surface area contributed by atoms with Gasteiger partial charge in [0.1, 0.15) is 12.2 Å². The summed E-state index contributed by atoms with van der Waals surface area (Å²) in [5, 5.41) is 0.357. The van der Waals surface area contributed by atoms with E-state index in [1.54, 1.807) is 24.3 Å². The number of ether oxygens (including phenoxy) is 1. The molecule has 2 rings (SSSR count). The van der Waals surface area contributed by atoms with Crippen molar-refractivity contribution in [1.82, 2.24) is 0 Å². The Bertz CT molecular complexity index is 584. The van der Waals surface area contributed by atoms with Crippen molar-refractivity contribution in [2.24, 2.45) is 4.99 Å². The molecule has 1 aromatic rings. The molecule has 6 heteroatoms. The highest BCUT2D eigenvalue weighted by atomic mass is 32.2. The summed E-state index contributed by atoms with van der Waals surface area (Å²) < 4.78 is 5.26. The average Bonchev–Trinajstić information content (AvgIpc) is 2.44. The third kappa shape index (κ3) is 2.91. The average molecular weight is 290 g/mol. The van der Waals surface area contributed by atoms with Crippen molar-refractivity contribution in [2.45, 2.75) is 6.42 Å². The summed E-state index contributed by atoms with van der Waals surface area (Å²) in [6.07, 6.45) is 1.47. The minimum Gasteiger partial charge on any atom is -0.495 e. The van der Waals surface area contributed by atoms with Crippen molar-refractivity contribution in [2.75, 3.05) is 17.8 Å². The Kier molecular flexibility index (Phi) is 4.57. The van der Waals surface area contributed by atoms with Crippen molar-refractivity contribution < 1.29 is 14.3 Å². The summed E-state index contributed by atoms with van der Waals surface area (Å²) in [6, 6.07) is 7.14. The van der Waals surface area contributed by atoms with E-state index in [0.29, 0.717) is 22.4 Å². The van der Waals surface area contributed by atoms with Crippen LogP contribution in [-0.2, 0) is 9.59 Å². The van der Waals surface area contributed by atoms with E-state index in [9.17, 15) is 9.59 Å². The molecule has 5 nitrogen and oxygen atoms in total. The van der Waals surface area contributed by atoms with Crippen LogP contribution in [0.2, 0.25) is 0 Å². The van der Waals surface area contributed by atoms with Crippen molar-refractivity contribution in [3.8, 4) is 5.75 Å². The number of hydrogen-bond acceptors (Lipinski definition) is 4. The number of para-hydroxylation sites is 2. The lowest BCUT2D eigenvalue weighted by molar-refractivity contribution is -0.126. The topological polar surface area (TPSA) is 59.0 Å². The fourth-order valence-electron chi connectivity index (χ4n) is 1.79. The lowest BCUT2D eigenvalue weighted by Gasteiger charge is -2.27. The number of hydrogen-bond donors (Lipinski definition) is 0. The molecule has 0 aliphatic carbocycles. The van der Waals surface area contributed by atoms with Gasteiger partial charge in [-0.25, -0.2) is 0 Å². The highest BCUT2D eigenvalue weighted by molar-refractivity contribution is 8.14. The maximum Gasteiger partial charge on any atom is 0.257 e. The van der Waals surface area contributed by atoms with Gasteiger partial charge in [0, 0.05) is 5.75 Å². The zero-order valence-corrected chi connectivity index (χ0v) is 11.9. The quantitative estimate of drug-likeness (QED) is 0.630. The van der Waals surface area contributed by atoms with Gasteiger partial charge in [-0.15, -0.1) is 6.58 Å². The number of aliphatic imine (C=N–C) groups is 1. The minimum atomic E-state index is -0.423. The van der Waals surface area contributed by atoms with Gasteiger partial charge >= 0.3 is 0 Å². The number of amides is 2. The number of carbonyl (C=O) groups is 2. The number of methoxy groups -OCH3 is 1. The number of nitrogens with zero attached hydrogens (tertiary/aromatic N) is 2. The number of rotatable bonds is 4. The predicted octanol–water partition coefficient (Wildman–Crippen LogP) is 2.23. The highest BCUT2D eigenvalue weighted by Crippen LogP contribution is 2.32. The molecular formula is C14H14N2O3S. The van der Waals surface area contributed by atoms with E-state index in [0.717, 1.165) is 0 Å². The molecule has 0 unspecified atom stereocenters. The minimum absolute atomic E-state index is 0.226. The Balaban J connectivity index is 2.44. The van der Waals surface area contributed by atoms with Crippen LogP contribution in [0, 0.1) is 0 Å². The fourth-order valence-corrected chi connectivity index (χ4v) is 2.56. The van der Waals surface area contributed by atoms with Gasteiger partial charge in [-0.2, -0.15) is 4.99 Å². The first-order valence-corrected chi connectivity index (χ1v) is 6.97. The summed E-state index contributed by atoms with van der Waals surface area (Å²) in [7, 11) is 1.53. The largest absolute Gasteiger partial charge is 0.495 e.